The van der Waals surface area contributed by atoms with Crippen molar-refractivity contribution in [2.45, 2.75) is 32.4 Å². The van der Waals surface area contributed by atoms with Crippen LogP contribution in [0.3, 0.4) is 0 Å². The molecule has 0 aromatic heterocycles. The second kappa shape index (κ2) is 4.99. The van der Waals surface area contributed by atoms with E-state index in [9.17, 15) is 9.59 Å². The third kappa shape index (κ3) is 2.46. The summed E-state index contributed by atoms with van der Waals surface area (Å²) in [5, 5.41) is 2.71. The first-order chi connectivity index (χ1) is 8.22. The lowest BCUT2D eigenvalue weighted by molar-refractivity contribution is -0.128. The number of imide groups is 1. The minimum absolute atomic E-state index is 0.110. The van der Waals surface area contributed by atoms with E-state index in [0.29, 0.717) is 13.0 Å². The fraction of sp³-hybridized carbons (Fsp3) is 0.385. The minimum atomic E-state index is -0.337. The van der Waals surface area contributed by atoms with Gasteiger partial charge in [0.25, 0.3) is 5.91 Å². The second-order valence-electron chi connectivity index (χ2n) is 4.20. The first-order valence-corrected chi connectivity index (χ1v) is 5.88. The zero-order valence-electron chi connectivity index (χ0n) is 9.85. The van der Waals surface area contributed by atoms with Crippen LogP contribution in [-0.2, 0) is 11.3 Å². The summed E-state index contributed by atoms with van der Waals surface area (Å²) in [6, 6.07) is 8.92. The van der Waals surface area contributed by atoms with Crippen molar-refractivity contribution in [3.8, 4) is 0 Å². The molecule has 4 heteroatoms. The average molecular weight is 232 g/mol. The third-order valence-corrected chi connectivity index (χ3v) is 2.87. The Morgan fingerprint density at radius 3 is 2.59 bits per heavy atom. The normalized spacial score (nSPS) is 19.6. The molecule has 0 unspecified atom stereocenters. The monoisotopic (exact) mass is 232 g/mol. The van der Waals surface area contributed by atoms with Gasteiger partial charge in [-0.3, -0.25) is 9.69 Å². The Kier molecular flexibility index (Phi) is 3.42. The van der Waals surface area contributed by atoms with Crippen LogP contribution in [0.25, 0.3) is 0 Å². The van der Waals surface area contributed by atoms with Crippen LogP contribution >= 0.6 is 0 Å². The Hall–Kier alpha value is -1.84. The van der Waals surface area contributed by atoms with Crippen LogP contribution < -0.4 is 5.32 Å². The van der Waals surface area contributed by atoms with Crippen molar-refractivity contribution >= 4 is 11.9 Å². The summed E-state index contributed by atoms with van der Waals surface area (Å²) in [5.41, 5.74) is 0.966. The number of benzene rings is 1. The number of carbonyl (C=O) groups is 2. The minimum Gasteiger partial charge on any atom is -0.326 e. The molecular weight excluding hydrogens is 216 g/mol. The van der Waals surface area contributed by atoms with Crippen molar-refractivity contribution in [1.82, 2.24) is 10.2 Å². The van der Waals surface area contributed by atoms with E-state index in [2.05, 4.69) is 5.32 Å². The summed E-state index contributed by atoms with van der Waals surface area (Å²) in [6.07, 6.45) is 1.59. The number of carbonyl (C=O) groups excluding carboxylic acids is 2. The van der Waals surface area contributed by atoms with Crippen LogP contribution in [-0.4, -0.2) is 22.9 Å². The molecule has 90 valence electrons. The molecule has 17 heavy (non-hydrogen) atoms. The maximum absolute atomic E-state index is 12.0. The number of rotatable bonds is 4. The molecule has 1 aromatic rings. The van der Waals surface area contributed by atoms with E-state index in [-0.39, 0.29) is 18.0 Å². The largest absolute Gasteiger partial charge is 0.326 e. The van der Waals surface area contributed by atoms with Gasteiger partial charge in [-0.1, -0.05) is 43.7 Å². The number of urea groups is 1. The summed E-state index contributed by atoms with van der Waals surface area (Å²) >= 11 is 0. The average Bonchev–Trinajstić information content (AvgIpc) is 2.59. The van der Waals surface area contributed by atoms with Crippen molar-refractivity contribution in [2.24, 2.45) is 0 Å². The number of hydrogen-bond donors (Lipinski definition) is 1. The molecule has 2 rings (SSSR count). The summed E-state index contributed by atoms with van der Waals surface area (Å²) in [6.45, 7) is 2.35. The van der Waals surface area contributed by atoms with E-state index >= 15 is 0 Å². The Labute approximate surface area is 101 Å². The molecule has 0 spiro atoms. The van der Waals surface area contributed by atoms with E-state index in [0.717, 1.165) is 12.0 Å². The Morgan fingerprint density at radius 1 is 1.24 bits per heavy atom. The molecule has 3 amide bonds. The van der Waals surface area contributed by atoms with Crippen molar-refractivity contribution in [3.05, 3.63) is 35.9 Å². The van der Waals surface area contributed by atoms with Crippen LogP contribution in [0.2, 0.25) is 0 Å². The molecule has 1 aromatic carbocycles. The van der Waals surface area contributed by atoms with E-state index in [1.807, 2.05) is 37.3 Å². The summed E-state index contributed by atoms with van der Waals surface area (Å²) in [4.78, 5) is 24.9. The molecule has 1 N–H and O–H groups in total. The van der Waals surface area contributed by atoms with E-state index < -0.39 is 0 Å². The van der Waals surface area contributed by atoms with Crippen molar-refractivity contribution in [1.29, 1.82) is 0 Å². The molecule has 1 aliphatic heterocycles. The van der Waals surface area contributed by atoms with E-state index in [4.69, 9.17) is 0 Å². The smallest absolute Gasteiger partial charge is 0.325 e. The highest BCUT2D eigenvalue weighted by Gasteiger charge is 2.36. The second-order valence-corrected chi connectivity index (χ2v) is 4.20. The fourth-order valence-electron chi connectivity index (χ4n) is 1.98. The van der Waals surface area contributed by atoms with Gasteiger partial charge in [-0.25, -0.2) is 4.79 Å². The maximum atomic E-state index is 12.0. The highest BCUT2D eigenvalue weighted by molar-refractivity contribution is 6.04. The van der Waals surface area contributed by atoms with Crippen LogP contribution in [0.1, 0.15) is 25.3 Å². The topological polar surface area (TPSA) is 49.4 Å². The van der Waals surface area contributed by atoms with Gasteiger partial charge in [-0.15, -0.1) is 0 Å². The molecule has 0 saturated carbocycles. The quantitative estimate of drug-likeness (QED) is 0.806. The predicted octanol–water partition coefficient (Wildman–Crippen LogP) is 1.91. The molecular formula is C13H16N2O2. The zero-order chi connectivity index (χ0) is 12.3. The Balaban J connectivity index is 2.07. The van der Waals surface area contributed by atoms with Gasteiger partial charge in [0.15, 0.2) is 0 Å². The molecule has 0 aliphatic carbocycles. The molecule has 1 heterocycles. The van der Waals surface area contributed by atoms with Crippen LogP contribution in [0.4, 0.5) is 4.79 Å². The van der Waals surface area contributed by atoms with Crippen LogP contribution in [0, 0.1) is 0 Å². The lowest BCUT2D eigenvalue weighted by Gasteiger charge is -2.12. The first-order valence-electron chi connectivity index (χ1n) is 5.88. The van der Waals surface area contributed by atoms with Gasteiger partial charge < -0.3 is 5.32 Å². The number of nitrogens with zero attached hydrogens (tertiary/aromatic N) is 1. The molecule has 1 saturated heterocycles. The standard InChI is InChI=1S/C13H16N2O2/c1-2-6-11-12(16)15(13(17)14-11)9-10-7-4-3-5-8-10/h3-5,7-8,11H,2,6,9H2,1H3,(H,14,17)/t11-/m1/s1. The number of hydrogen-bond acceptors (Lipinski definition) is 2. The predicted molar refractivity (Wildman–Crippen MR) is 64.2 cm³/mol. The Bertz CT molecular complexity index is 417. The van der Waals surface area contributed by atoms with Gasteiger partial charge >= 0.3 is 6.03 Å². The lowest BCUT2D eigenvalue weighted by Crippen LogP contribution is -2.30. The maximum Gasteiger partial charge on any atom is 0.325 e. The molecule has 1 fully saturated rings. The van der Waals surface area contributed by atoms with E-state index in [1.54, 1.807) is 0 Å². The van der Waals surface area contributed by atoms with Crippen molar-refractivity contribution in [2.75, 3.05) is 0 Å². The van der Waals surface area contributed by atoms with Crippen LogP contribution in [0.15, 0.2) is 30.3 Å². The summed E-state index contributed by atoms with van der Waals surface area (Å²) < 4.78 is 0. The Morgan fingerprint density at radius 2 is 1.94 bits per heavy atom. The van der Waals surface area contributed by atoms with E-state index in [1.165, 1.54) is 4.90 Å². The SMILES string of the molecule is CCC[C@H]1NC(=O)N(Cc2ccccc2)C1=O. The number of amides is 3. The van der Waals surface area contributed by atoms with Gasteiger partial charge in [0.1, 0.15) is 6.04 Å². The summed E-state index contributed by atoms with van der Waals surface area (Å²) in [5.74, 6) is -0.110. The highest BCUT2D eigenvalue weighted by atomic mass is 16.2. The zero-order valence-corrected chi connectivity index (χ0v) is 9.85. The van der Waals surface area contributed by atoms with Gasteiger partial charge in [0, 0.05) is 0 Å². The molecule has 0 bridgehead atoms. The van der Waals surface area contributed by atoms with Crippen molar-refractivity contribution in [3.63, 3.8) is 0 Å². The molecule has 1 atom stereocenters. The van der Waals surface area contributed by atoms with Gasteiger partial charge in [0.05, 0.1) is 6.54 Å². The fourth-order valence-corrected chi connectivity index (χ4v) is 1.98. The molecule has 4 nitrogen and oxygen atoms in total. The third-order valence-electron chi connectivity index (χ3n) is 2.87. The van der Waals surface area contributed by atoms with Crippen LogP contribution in [0.5, 0.6) is 0 Å². The first kappa shape index (κ1) is 11.6. The number of nitrogens with one attached hydrogen (secondary N) is 1. The van der Waals surface area contributed by atoms with Gasteiger partial charge in [-0.05, 0) is 12.0 Å². The van der Waals surface area contributed by atoms with Gasteiger partial charge in [0.2, 0.25) is 0 Å². The molecule has 1 aliphatic rings. The highest BCUT2D eigenvalue weighted by Crippen LogP contribution is 2.14. The van der Waals surface area contributed by atoms with Crippen molar-refractivity contribution < 1.29 is 9.59 Å². The molecule has 0 radical (unpaired) electrons. The summed E-state index contributed by atoms with van der Waals surface area (Å²) in [7, 11) is 0. The lowest BCUT2D eigenvalue weighted by atomic mass is 10.1. The van der Waals surface area contributed by atoms with Gasteiger partial charge in [-0.2, -0.15) is 0 Å².